The molecule has 4 nitrogen and oxygen atoms in total. The number of hydrogen-bond acceptors (Lipinski definition) is 3. The van der Waals surface area contributed by atoms with Crippen LogP contribution >= 0.6 is 0 Å². The van der Waals surface area contributed by atoms with Crippen molar-refractivity contribution in [1.82, 2.24) is 15.2 Å². The fourth-order valence-corrected chi connectivity index (χ4v) is 2.93. The summed E-state index contributed by atoms with van der Waals surface area (Å²) in [5.41, 5.74) is 3.66. The normalized spacial score (nSPS) is 11.0. The molecule has 1 amide bonds. The van der Waals surface area contributed by atoms with Crippen molar-refractivity contribution in [3.63, 3.8) is 0 Å². The lowest BCUT2D eigenvalue weighted by molar-refractivity contribution is 0.0946. The number of carbonyl (C=O) groups excluding carboxylic acids is 1. The lowest BCUT2D eigenvalue weighted by Gasteiger charge is -2.18. The van der Waals surface area contributed by atoms with Gasteiger partial charge in [-0.15, -0.1) is 0 Å². The van der Waals surface area contributed by atoms with Crippen LogP contribution in [0.5, 0.6) is 0 Å². The summed E-state index contributed by atoms with van der Waals surface area (Å²) in [6.07, 6.45) is 0. The summed E-state index contributed by atoms with van der Waals surface area (Å²) in [6.45, 7) is 7.90. The smallest absolute Gasteiger partial charge is 0.270 e. The van der Waals surface area contributed by atoms with Crippen LogP contribution in [0.3, 0.4) is 0 Å². The predicted octanol–water partition coefficient (Wildman–Crippen LogP) is 4.01. The van der Waals surface area contributed by atoms with Gasteiger partial charge in [0, 0.05) is 18.5 Å². The first-order chi connectivity index (χ1) is 12.7. The average molecular weight is 347 g/mol. The molecule has 4 heteroatoms. The molecule has 0 unspecified atom stereocenters. The fourth-order valence-electron chi connectivity index (χ4n) is 2.93. The first-order valence-corrected chi connectivity index (χ1v) is 9.13. The largest absolute Gasteiger partial charge is 0.347 e. The third-order valence-corrected chi connectivity index (χ3v) is 4.61. The second-order valence-corrected chi connectivity index (χ2v) is 6.35. The molecule has 0 radical (unpaired) electrons. The Labute approximate surface area is 154 Å². The summed E-state index contributed by atoms with van der Waals surface area (Å²) in [5, 5.41) is 3.99. The highest BCUT2D eigenvalue weighted by atomic mass is 16.1. The number of fused-ring (bicyclic) bond motifs is 1. The van der Waals surface area contributed by atoms with Gasteiger partial charge in [-0.3, -0.25) is 9.69 Å². The van der Waals surface area contributed by atoms with E-state index in [1.165, 1.54) is 5.56 Å². The molecule has 0 bridgehead atoms. The third-order valence-electron chi connectivity index (χ3n) is 4.61. The Hall–Kier alpha value is -2.72. The van der Waals surface area contributed by atoms with E-state index in [2.05, 4.69) is 53.3 Å². The number of aromatic nitrogens is 1. The molecular weight excluding hydrogens is 322 g/mol. The van der Waals surface area contributed by atoms with E-state index in [4.69, 9.17) is 0 Å². The van der Waals surface area contributed by atoms with Crippen LogP contribution in [0.2, 0.25) is 0 Å². The van der Waals surface area contributed by atoms with Crippen molar-refractivity contribution in [2.24, 2.45) is 0 Å². The highest BCUT2D eigenvalue weighted by molar-refractivity contribution is 5.94. The van der Waals surface area contributed by atoms with E-state index in [-0.39, 0.29) is 5.91 Å². The number of amides is 1. The van der Waals surface area contributed by atoms with Crippen molar-refractivity contribution < 1.29 is 4.79 Å². The quantitative estimate of drug-likeness (QED) is 0.702. The summed E-state index contributed by atoms with van der Waals surface area (Å²) in [4.78, 5) is 19.2. The van der Waals surface area contributed by atoms with Gasteiger partial charge < -0.3 is 5.32 Å². The second-order valence-electron chi connectivity index (χ2n) is 6.35. The van der Waals surface area contributed by atoms with Crippen molar-refractivity contribution in [2.45, 2.75) is 26.9 Å². The number of para-hydroxylation sites is 1. The van der Waals surface area contributed by atoms with Crippen LogP contribution in [-0.2, 0) is 13.1 Å². The molecule has 3 aromatic rings. The Balaban J connectivity index is 1.60. The monoisotopic (exact) mass is 347 g/mol. The van der Waals surface area contributed by atoms with Gasteiger partial charge in [0.25, 0.3) is 5.91 Å². The van der Waals surface area contributed by atoms with E-state index in [1.54, 1.807) is 6.07 Å². The number of benzene rings is 2. The number of pyridine rings is 1. The third kappa shape index (κ3) is 4.46. The van der Waals surface area contributed by atoms with Crippen LogP contribution in [-0.4, -0.2) is 28.9 Å². The van der Waals surface area contributed by atoms with E-state index in [0.29, 0.717) is 12.2 Å². The lowest BCUT2D eigenvalue weighted by atomic mass is 10.1. The minimum Gasteiger partial charge on any atom is -0.347 e. The van der Waals surface area contributed by atoms with Gasteiger partial charge in [-0.2, -0.15) is 0 Å². The summed E-state index contributed by atoms with van der Waals surface area (Å²) in [7, 11) is 0. The standard InChI is InChI=1S/C22H25N3O/c1-3-25(4-2)16-18-11-9-17(10-12-18)15-23-22(26)21-14-13-19-7-5-6-8-20(19)24-21/h5-14H,3-4,15-16H2,1-2H3,(H,23,26). The number of nitrogens with one attached hydrogen (secondary N) is 1. The van der Waals surface area contributed by atoms with Gasteiger partial charge in [0.2, 0.25) is 0 Å². The molecule has 134 valence electrons. The second kappa shape index (κ2) is 8.59. The number of nitrogens with zero attached hydrogens (tertiary/aromatic N) is 2. The highest BCUT2D eigenvalue weighted by Gasteiger charge is 2.08. The Morgan fingerprint density at radius 2 is 1.62 bits per heavy atom. The van der Waals surface area contributed by atoms with Crippen molar-refractivity contribution in [3.8, 4) is 0 Å². The van der Waals surface area contributed by atoms with Crippen LogP contribution in [0.1, 0.15) is 35.5 Å². The van der Waals surface area contributed by atoms with Gasteiger partial charge in [0.05, 0.1) is 5.52 Å². The van der Waals surface area contributed by atoms with Crippen molar-refractivity contribution in [1.29, 1.82) is 0 Å². The van der Waals surface area contributed by atoms with Gasteiger partial charge in [-0.1, -0.05) is 62.4 Å². The molecule has 2 aromatic carbocycles. The van der Waals surface area contributed by atoms with Gasteiger partial charge >= 0.3 is 0 Å². The first kappa shape index (κ1) is 18.1. The molecule has 0 aliphatic carbocycles. The van der Waals surface area contributed by atoms with Gasteiger partial charge in [-0.05, 0) is 36.3 Å². The summed E-state index contributed by atoms with van der Waals surface area (Å²) >= 11 is 0. The van der Waals surface area contributed by atoms with E-state index in [1.807, 2.05) is 30.3 Å². The number of carbonyl (C=O) groups is 1. The zero-order valence-corrected chi connectivity index (χ0v) is 15.4. The molecule has 0 saturated carbocycles. The predicted molar refractivity (Wildman–Crippen MR) is 106 cm³/mol. The van der Waals surface area contributed by atoms with Gasteiger partial charge in [0.1, 0.15) is 5.69 Å². The fraction of sp³-hybridized carbons (Fsp3) is 0.273. The SMILES string of the molecule is CCN(CC)Cc1ccc(CNC(=O)c2ccc3ccccc3n2)cc1. The molecule has 3 rings (SSSR count). The first-order valence-electron chi connectivity index (χ1n) is 9.13. The maximum Gasteiger partial charge on any atom is 0.270 e. The molecule has 1 aromatic heterocycles. The van der Waals surface area contributed by atoms with Gasteiger partial charge in [-0.25, -0.2) is 4.98 Å². The molecule has 0 aliphatic rings. The molecule has 0 atom stereocenters. The maximum absolute atomic E-state index is 12.4. The molecule has 1 N–H and O–H groups in total. The summed E-state index contributed by atoms with van der Waals surface area (Å²) < 4.78 is 0. The van der Waals surface area contributed by atoms with E-state index in [0.717, 1.165) is 36.1 Å². The Morgan fingerprint density at radius 1 is 0.923 bits per heavy atom. The molecule has 0 aliphatic heterocycles. The van der Waals surface area contributed by atoms with Crippen molar-refractivity contribution >= 4 is 16.8 Å². The number of rotatable bonds is 7. The van der Waals surface area contributed by atoms with Crippen LogP contribution in [0.15, 0.2) is 60.7 Å². The molecular formula is C22H25N3O. The van der Waals surface area contributed by atoms with Crippen LogP contribution in [0, 0.1) is 0 Å². The highest BCUT2D eigenvalue weighted by Crippen LogP contribution is 2.12. The molecule has 0 saturated heterocycles. The van der Waals surface area contributed by atoms with E-state index < -0.39 is 0 Å². The molecule has 0 spiro atoms. The summed E-state index contributed by atoms with van der Waals surface area (Å²) in [6, 6.07) is 19.9. The Morgan fingerprint density at radius 3 is 2.35 bits per heavy atom. The topological polar surface area (TPSA) is 45.2 Å². The zero-order chi connectivity index (χ0) is 18.4. The molecule has 1 heterocycles. The zero-order valence-electron chi connectivity index (χ0n) is 15.4. The van der Waals surface area contributed by atoms with Crippen LogP contribution in [0.4, 0.5) is 0 Å². The van der Waals surface area contributed by atoms with E-state index in [9.17, 15) is 4.79 Å². The molecule has 0 fully saturated rings. The Kier molecular flexibility index (Phi) is 5.97. The minimum absolute atomic E-state index is 0.150. The molecule has 26 heavy (non-hydrogen) atoms. The lowest BCUT2D eigenvalue weighted by Crippen LogP contribution is -2.24. The van der Waals surface area contributed by atoms with Crippen LogP contribution < -0.4 is 5.32 Å². The van der Waals surface area contributed by atoms with Crippen LogP contribution in [0.25, 0.3) is 10.9 Å². The maximum atomic E-state index is 12.4. The average Bonchev–Trinajstić information content (AvgIpc) is 2.70. The van der Waals surface area contributed by atoms with E-state index >= 15 is 0 Å². The van der Waals surface area contributed by atoms with Crippen molar-refractivity contribution in [2.75, 3.05) is 13.1 Å². The Bertz CT molecular complexity index is 870. The van der Waals surface area contributed by atoms with Crippen molar-refractivity contribution in [3.05, 3.63) is 77.5 Å². The summed E-state index contributed by atoms with van der Waals surface area (Å²) in [5.74, 6) is -0.150. The minimum atomic E-state index is -0.150. The number of hydrogen-bond donors (Lipinski definition) is 1. The van der Waals surface area contributed by atoms with Gasteiger partial charge in [0.15, 0.2) is 0 Å².